The molecule has 0 aliphatic carbocycles. The van der Waals surface area contributed by atoms with Gasteiger partial charge in [-0.2, -0.15) is 0 Å². The number of fused-ring (bicyclic) bond motifs is 3. The van der Waals surface area contributed by atoms with Crippen LogP contribution >= 0.6 is 0 Å². The van der Waals surface area contributed by atoms with E-state index in [4.69, 9.17) is 0 Å². The van der Waals surface area contributed by atoms with Gasteiger partial charge in [-0.05, 0) is 62.3 Å². The van der Waals surface area contributed by atoms with Crippen LogP contribution in [0.5, 0.6) is 0 Å². The van der Waals surface area contributed by atoms with E-state index >= 15 is 0 Å². The molecule has 3 aromatic rings. The van der Waals surface area contributed by atoms with Crippen LogP contribution in [0.25, 0.3) is 22.2 Å². The molecule has 1 atom stereocenters. The van der Waals surface area contributed by atoms with Crippen LogP contribution in [0.15, 0.2) is 35.1 Å². The van der Waals surface area contributed by atoms with Crippen LogP contribution in [0.2, 0.25) is 0 Å². The minimum Gasteiger partial charge on any atom is -0.477 e. The van der Waals surface area contributed by atoms with Crippen LogP contribution in [0.4, 0.5) is 0 Å². The number of hydrogen-bond acceptors (Lipinski definition) is 3. The number of aromatic nitrogens is 2. The van der Waals surface area contributed by atoms with Gasteiger partial charge in [0, 0.05) is 23.1 Å². The first kappa shape index (κ1) is 17.5. The predicted molar refractivity (Wildman–Crippen MR) is 105 cm³/mol. The number of nitrogens with zero attached hydrogens (tertiary/aromatic N) is 2. The Morgan fingerprint density at radius 1 is 1.30 bits per heavy atom. The van der Waals surface area contributed by atoms with Crippen molar-refractivity contribution in [2.45, 2.75) is 32.4 Å². The Bertz CT molecular complexity index is 1110. The third-order valence-corrected chi connectivity index (χ3v) is 5.55. The average Bonchev–Trinajstić information content (AvgIpc) is 3.19. The summed E-state index contributed by atoms with van der Waals surface area (Å²) in [5.41, 5.74) is 4.15. The van der Waals surface area contributed by atoms with Crippen LogP contribution < -0.4 is 5.56 Å². The van der Waals surface area contributed by atoms with Gasteiger partial charge in [0.15, 0.2) is 0 Å². The van der Waals surface area contributed by atoms with Gasteiger partial charge in [-0.1, -0.05) is 13.0 Å². The van der Waals surface area contributed by atoms with E-state index in [2.05, 4.69) is 46.7 Å². The lowest BCUT2D eigenvalue weighted by Gasteiger charge is -2.17. The van der Waals surface area contributed by atoms with E-state index in [0.29, 0.717) is 18.2 Å². The number of H-pyrrole nitrogens is 1. The first-order chi connectivity index (χ1) is 12.9. The van der Waals surface area contributed by atoms with Gasteiger partial charge in [0.1, 0.15) is 5.56 Å². The van der Waals surface area contributed by atoms with Crippen molar-refractivity contribution in [3.05, 3.63) is 57.5 Å². The summed E-state index contributed by atoms with van der Waals surface area (Å²) in [6, 6.07) is 10.3. The van der Waals surface area contributed by atoms with Crippen molar-refractivity contribution in [3.63, 3.8) is 0 Å². The lowest BCUT2D eigenvalue weighted by molar-refractivity contribution is 0.0695. The molecule has 1 unspecified atom stereocenters. The minimum atomic E-state index is -1.20. The number of nitrogens with one attached hydrogen (secondary N) is 1. The molecule has 0 fully saturated rings. The Morgan fingerprint density at radius 2 is 2.07 bits per heavy atom. The second kappa shape index (κ2) is 6.39. The number of benzene rings is 1. The second-order valence-corrected chi connectivity index (χ2v) is 7.33. The van der Waals surface area contributed by atoms with Gasteiger partial charge in [-0.3, -0.25) is 4.79 Å². The van der Waals surface area contributed by atoms with Crippen molar-refractivity contribution in [3.8, 4) is 11.3 Å². The Kier molecular flexibility index (Phi) is 4.15. The Labute approximate surface area is 157 Å². The zero-order valence-corrected chi connectivity index (χ0v) is 15.7. The number of carboxylic acids is 1. The lowest BCUT2D eigenvalue weighted by Crippen LogP contribution is -2.19. The summed E-state index contributed by atoms with van der Waals surface area (Å²) in [7, 11) is 4.21. The third kappa shape index (κ3) is 2.77. The fraction of sp³-hybridized carbons (Fsp3) is 0.333. The highest BCUT2D eigenvalue weighted by molar-refractivity contribution is 5.89. The van der Waals surface area contributed by atoms with E-state index in [-0.39, 0.29) is 5.56 Å². The van der Waals surface area contributed by atoms with Gasteiger partial charge in [-0.15, -0.1) is 0 Å². The molecule has 0 saturated heterocycles. The summed E-state index contributed by atoms with van der Waals surface area (Å²) in [6.45, 7) is 2.96. The standard InChI is InChI=1S/C21H23N3O3/c1-4-12-10-15(21(26)27)20(25)22-19(12)13-5-6-16-14(9-13)11-18-17(23(2)3)7-8-24(16)18/h5-6,9-11,17H,4,7-8H2,1-3H3,(H,22,25)(H,26,27). The molecule has 0 spiro atoms. The highest BCUT2D eigenvalue weighted by Crippen LogP contribution is 2.36. The quantitative estimate of drug-likeness (QED) is 0.744. The number of carboxylic acid groups (broad SMARTS) is 1. The van der Waals surface area contributed by atoms with E-state index in [0.717, 1.165) is 29.5 Å². The lowest BCUT2D eigenvalue weighted by atomic mass is 10.0. The Morgan fingerprint density at radius 3 is 2.74 bits per heavy atom. The molecule has 0 saturated carbocycles. The normalized spacial score (nSPS) is 16.2. The second-order valence-electron chi connectivity index (χ2n) is 7.33. The molecule has 1 aliphatic heterocycles. The fourth-order valence-electron chi connectivity index (χ4n) is 4.16. The van der Waals surface area contributed by atoms with Gasteiger partial charge < -0.3 is 19.6 Å². The van der Waals surface area contributed by atoms with E-state index in [1.54, 1.807) is 0 Å². The van der Waals surface area contributed by atoms with Crippen molar-refractivity contribution in [1.29, 1.82) is 0 Å². The molecule has 1 aliphatic rings. The molecule has 0 amide bonds. The topological polar surface area (TPSA) is 78.3 Å². The molecular weight excluding hydrogens is 342 g/mol. The maximum atomic E-state index is 12.2. The van der Waals surface area contributed by atoms with Gasteiger partial charge in [0.05, 0.1) is 11.7 Å². The molecule has 4 rings (SSSR count). The average molecular weight is 365 g/mol. The summed E-state index contributed by atoms with van der Waals surface area (Å²) < 4.78 is 2.36. The first-order valence-electron chi connectivity index (χ1n) is 9.20. The van der Waals surface area contributed by atoms with E-state index < -0.39 is 11.5 Å². The smallest absolute Gasteiger partial charge is 0.341 e. The van der Waals surface area contributed by atoms with Crippen molar-refractivity contribution < 1.29 is 9.90 Å². The number of pyridine rings is 1. The fourth-order valence-corrected chi connectivity index (χ4v) is 4.16. The van der Waals surface area contributed by atoms with Crippen LogP contribution in [0.1, 0.15) is 41.0 Å². The predicted octanol–water partition coefficient (Wildman–Crippen LogP) is 3.26. The number of aromatic amines is 1. The Hall–Kier alpha value is -2.86. The van der Waals surface area contributed by atoms with Crippen molar-refractivity contribution in [2.24, 2.45) is 0 Å². The molecule has 6 nitrogen and oxygen atoms in total. The molecule has 2 aromatic heterocycles. The van der Waals surface area contributed by atoms with E-state index in [9.17, 15) is 14.7 Å². The van der Waals surface area contributed by atoms with Crippen LogP contribution in [0.3, 0.4) is 0 Å². The summed E-state index contributed by atoms with van der Waals surface area (Å²) in [6.07, 6.45) is 1.75. The van der Waals surface area contributed by atoms with E-state index in [1.807, 2.05) is 13.0 Å². The zero-order chi connectivity index (χ0) is 19.3. The van der Waals surface area contributed by atoms with Crippen molar-refractivity contribution in [1.82, 2.24) is 14.5 Å². The molecule has 140 valence electrons. The molecule has 1 aromatic carbocycles. The summed E-state index contributed by atoms with van der Waals surface area (Å²) in [5, 5.41) is 10.3. The van der Waals surface area contributed by atoms with Crippen molar-refractivity contribution >= 4 is 16.9 Å². The summed E-state index contributed by atoms with van der Waals surface area (Å²) in [4.78, 5) is 28.5. The first-order valence-corrected chi connectivity index (χ1v) is 9.20. The molecular formula is C21H23N3O3. The number of carbonyl (C=O) groups is 1. The molecule has 0 radical (unpaired) electrons. The zero-order valence-electron chi connectivity index (χ0n) is 15.7. The van der Waals surface area contributed by atoms with E-state index in [1.165, 1.54) is 17.3 Å². The van der Waals surface area contributed by atoms with Gasteiger partial charge >= 0.3 is 5.97 Å². The summed E-state index contributed by atoms with van der Waals surface area (Å²) in [5.74, 6) is -1.20. The minimum absolute atomic E-state index is 0.214. The van der Waals surface area contributed by atoms with Gasteiger partial charge in [0.2, 0.25) is 0 Å². The molecule has 2 N–H and O–H groups in total. The molecule has 0 bridgehead atoms. The number of aryl methyl sites for hydroxylation is 2. The maximum absolute atomic E-state index is 12.2. The van der Waals surface area contributed by atoms with Crippen LogP contribution in [-0.4, -0.2) is 39.6 Å². The number of rotatable bonds is 4. The Balaban J connectivity index is 1.85. The number of hydrogen-bond donors (Lipinski definition) is 2. The monoisotopic (exact) mass is 365 g/mol. The van der Waals surface area contributed by atoms with Gasteiger partial charge in [0.25, 0.3) is 5.56 Å². The molecule has 6 heteroatoms. The van der Waals surface area contributed by atoms with Gasteiger partial charge in [-0.25, -0.2) is 4.79 Å². The highest BCUT2D eigenvalue weighted by atomic mass is 16.4. The van der Waals surface area contributed by atoms with Crippen LogP contribution in [0, 0.1) is 0 Å². The summed E-state index contributed by atoms with van der Waals surface area (Å²) >= 11 is 0. The maximum Gasteiger partial charge on any atom is 0.341 e. The highest BCUT2D eigenvalue weighted by Gasteiger charge is 2.26. The largest absolute Gasteiger partial charge is 0.477 e. The third-order valence-electron chi connectivity index (χ3n) is 5.55. The molecule has 3 heterocycles. The number of aromatic carboxylic acids is 1. The van der Waals surface area contributed by atoms with Crippen LogP contribution in [-0.2, 0) is 13.0 Å². The van der Waals surface area contributed by atoms with Crippen molar-refractivity contribution in [2.75, 3.05) is 14.1 Å². The molecule has 27 heavy (non-hydrogen) atoms. The SMILES string of the molecule is CCc1cc(C(=O)O)c(=O)[nH]c1-c1ccc2c(c1)cc1n2CCC1N(C)C.